The predicted molar refractivity (Wildman–Crippen MR) is 98.4 cm³/mol. The first kappa shape index (κ1) is 17.7. The number of hydrogen-bond donors (Lipinski definition) is 2. The number of anilines is 2. The minimum Gasteiger partial charge on any atom is -0.318 e. The van der Waals surface area contributed by atoms with Crippen LogP contribution < -0.4 is 10.6 Å². The van der Waals surface area contributed by atoms with Gasteiger partial charge in [-0.2, -0.15) is 0 Å². The van der Waals surface area contributed by atoms with Crippen LogP contribution in [0, 0.1) is 13.8 Å². The highest BCUT2D eigenvalue weighted by atomic mass is 16.2. The van der Waals surface area contributed by atoms with E-state index in [-0.39, 0.29) is 0 Å². The maximum atomic E-state index is 12.3. The van der Waals surface area contributed by atoms with Crippen LogP contribution in [0.1, 0.15) is 36.1 Å². The van der Waals surface area contributed by atoms with E-state index in [4.69, 9.17) is 0 Å². The normalized spacial score (nSPS) is 10.3. The Morgan fingerprint density at radius 1 is 0.833 bits per heavy atom. The smallest absolute Gasteiger partial charge is 0.314 e. The average Bonchev–Trinajstić information content (AvgIpc) is 2.58. The zero-order valence-electron chi connectivity index (χ0n) is 14.7. The van der Waals surface area contributed by atoms with E-state index in [0.29, 0.717) is 5.69 Å². The van der Waals surface area contributed by atoms with Gasteiger partial charge in [-0.25, -0.2) is 0 Å². The van der Waals surface area contributed by atoms with Crippen molar-refractivity contribution in [1.29, 1.82) is 0 Å². The van der Waals surface area contributed by atoms with Crippen molar-refractivity contribution in [2.45, 2.75) is 40.5 Å². The molecule has 0 aromatic heterocycles. The Labute approximate surface area is 143 Å². The van der Waals surface area contributed by atoms with Gasteiger partial charge in [-0.1, -0.05) is 44.2 Å². The standard InChI is InChI=1S/C20H24N2O2/c1-5-15-10-8-11-16(6-2)18(15)22-20(24)19(23)21-17-12-7-9-13(3)14(17)4/h7-12H,5-6H2,1-4H3,(H,21,23)(H,22,24). The van der Waals surface area contributed by atoms with Gasteiger partial charge in [0.25, 0.3) is 0 Å². The summed E-state index contributed by atoms with van der Waals surface area (Å²) < 4.78 is 0. The first-order valence-electron chi connectivity index (χ1n) is 8.27. The molecule has 4 nitrogen and oxygen atoms in total. The molecular formula is C20H24N2O2. The molecule has 0 bridgehead atoms. The number of hydrogen-bond acceptors (Lipinski definition) is 2. The van der Waals surface area contributed by atoms with Crippen molar-refractivity contribution < 1.29 is 9.59 Å². The lowest BCUT2D eigenvalue weighted by atomic mass is 10.0. The maximum Gasteiger partial charge on any atom is 0.314 e. The van der Waals surface area contributed by atoms with Gasteiger partial charge in [0, 0.05) is 11.4 Å². The third kappa shape index (κ3) is 3.82. The predicted octanol–water partition coefficient (Wildman–Crippen LogP) is 4.01. The highest BCUT2D eigenvalue weighted by Gasteiger charge is 2.18. The van der Waals surface area contributed by atoms with Gasteiger partial charge in [-0.05, 0) is 55.0 Å². The van der Waals surface area contributed by atoms with E-state index >= 15 is 0 Å². The molecule has 0 heterocycles. The van der Waals surface area contributed by atoms with E-state index in [1.807, 2.05) is 58.0 Å². The Kier molecular flexibility index (Phi) is 5.74. The molecule has 0 fully saturated rings. The molecule has 0 atom stereocenters. The summed E-state index contributed by atoms with van der Waals surface area (Å²) in [5.41, 5.74) is 5.50. The van der Waals surface area contributed by atoms with E-state index < -0.39 is 11.8 Å². The minimum atomic E-state index is -0.656. The molecule has 0 unspecified atom stereocenters. The molecule has 2 aromatic rings. The molecule has 0 aliphatic heterocycles. The van der Waals surface area contributed by atoms with Crippen LogP contribution in [0.3, 0.4) is 0 Å². The van der Waals surface area contributed by atoms with Crippen LogP contribution in [0.15, 0.2) is 36.4 Å². The molecule has 0 spiro atoms. The summed E-state index contributed by atoms with van der Waals surface area (Å²) in [5, 5.41) is 5.48. The van der Waals surface area contributed by atoms with E-state index in [9.17, 15) is 9.59 Å². The van der Waals surface area contributed by atoms with Gasteiger partial charge in [0.1, 0.15) is 0 Å². The molecule has 24 heavy (non-hydrogen) atoms. The molecule has 0 aliphatic carbocycles. The fraction of sp³-hybridized carbons (Fsp3) is 0.300. The monoisotopic (exact) mass is 324 g/mol. The van der Waals surface area contributed by atoms with Gasteiger partial charge in [0.2, 0.25) is 0 Å². The summed E-state index contributed by atoms with van der Waals surface area (Å²) in [6, 6.07) is 11.5. The Hall–Kier alpha value is -2.62. The Bertz CT molecular complexity index is 744. The molecule has 0 saturated carbocycles. The summed E-state index contributed by atoms with van der Waals surface area (Å²) >= 11 is 0. The third-order valence-corrected chi connectivity index (χ3v) is 4.30. The summed E-state index contributed by atoms with van der Waals surface area (Å²) in [6.45, 7) is 7.95. The summed E-state index contributed by atoms with van der Waals surface area (Å²) in [4.78, 5) is 24.6. The quantitative estimate of drug-likeness (QED) is 0.835. The van der Waals surface area contributed by atoms with Crippen LogP contribution in [-0.2, 0) is 22.4 Å². The molecule has 2 aromatic carbocycles. The molecule has 4 heteroatoms. The highest BCUT2D eigenvalue weighted by molar-refractivity contribution is 6.43. The average molecular weight is 324 g/mol. The minimum absolute atomic E-state index is 0.647. The Morgan fingerprint density at radius 2 is 1.38 bits per heavy atom. The van der Waals surface area contributed by atoms with E-state index in [2.05, 4.69) is 10.6 Å². The molecule has 0 radical (unpaired) electrons. The van der Waals surface area contributed by atoms with Gasteiger partial charge < -0.3 is 10.6 Å². The number of nitrogens with one attached hydrogen (secondary N) is 2. The van der Waals surface area contributed by atoms with Gasteiger partial charge in [-0.15, -0.1) is 0 Å². The molecule has 2 N–H and O–H groups in total. The van der Waals surface area contributed by atoms with E-state index in [1.165, 1.54) is 0 Å². The van der Waals surface area contributed by atoms with Crippen molar-refractivity contribution >= 4 is 23.2 Å². The highest BCUT2D eigenvalue weighted by Crippen LogP contribution is 2.23. The number of amides is 2. The van der Waals surface area contributed by atoms with Crippen molar-refractivity contribution in [2.75, 3.05) is 10.6 Å². The molecule has 0 saturated heterocycles. The molecule has 0 aliphatic rings. The number of carbonyl (C=O) groups excluding carboxylic acids is 2. The largest absolute Gasteiger partial charge is 0.318 e. The van der Waals surface area contributed by atoms with Crippen molar-refractivity contribution in [1.82, 2.24) is 0 Å². The lowest BCUT2D eigenvalue weighted by Gasteiger charge is -2.15. The topological polar surface area (TPSA) is 58.2 Å². The van der Waals surface area contributed by atoms with Gasteiger partial charge >= 0.3 is 11.8 Å². The lowest BCUT2D eigenvalue weighted by molar-refractivity contribution is -0.133. The van der Waals surface area contributed by atoms with Crippen LogP contribution >= 0.6 is 0 Å². The number of carbonyl (C=O) groups is 2. The SMILES string of the molecule is CCc1cccc(CC)c1NC(=O)C(=O)Nc1cccc(C)c1C. The number of para-hydroxylation sites is 1. The van der Waals surface area contributed by atoms with Gasteiger partial charge in [0.15, 0.2) is 0 Å². The number of rotatable bonds is 4. The Balaban J connectivity index is 2.18. The molecular weight excluding hydrogens is 300 g/mol. The number of benzene rings is 2. The van der Waals surface area contributed by atoms with Crippen molar-refractivity contribution in [3.63, 3.8) is 0 Å². The molecule has 2 amide bonds. The fourth-order valence-electron chi connectivity index (χ4n) is 2.64. The van der Waals surface area contributed by atoms with Crippen LogP contribution in [-0.4, -0.2) is 11.8 Å². The summed E-state index contributed by atoms with van der Waals surface area (Å²) in [5.74, 6) is -1.30. The first-order valence-corrected chi connectivity index (χ1v) is 8.27. The van der Waals surface area contributed by atoms with Crippen molar-refractivity contribution in [3.8, 4) is 0 Å². The first-order chi connectivity index (χ1) is 11.5. The molecule has 126 valence electrons. The van der Waals surface area contributed by atoms with E-state index in [1.54, 1.807) is 6.07 Å². The van der Waals surface area contributed by atoms with E-state index in [0.717, 1.165) is 40.8 Å². The Morgan fingerprint density at radius 3 is 1.96 bits per heavy atom. The zero-order valence-corrected chi connectivity index (χ0v) is 14.7. The van der Waals surface area contributed by atoms with Gasteiger partial charge in [-0.3, -0.25) is 9.59 Å². The number of aryl methyl sites for hydroxylation is 3. The lowest BCUT2D eigenvalue weighted by Crippen LogP contribution is -2.30. The van der Waals surface area contributed by atoms with Crippen LogP contribution in [0.5, 0.6) is 0 Å². The third-order valence-electron chi connectivity index (χ3n) is 4.30. The molecule has 2 rings (SSSR count). The van der Waals surface area contributed by atoms with Crippen LogP contribution in [0.2, 0.25) is 0 Å². The van der Waals surface area contributed by atoms with Crippen molar-refractivity contribution in [2.24, 2.45) is 0 Å². The van der Waals surface area contributed by atoms with Gasteiger partial charge in [0.05, 0.1) is 0 Å². The second-order valence-electron chi connectivity index (χ2n) is 5.81. The summed E-state index contributed by atoms with van der Waals surface area (Å²) in [6.07, 6.45) is 1.59. The van der Waals surface area contributed by atoms with Crippen LogP contribution in [0.25, 0.3) is 0 Å². The van der Waals surface area contributed by atoms with Crippen molar-refractivity contribution in [3.05, 3.63) is 58.7 Å². The fourth-order valence-corrected chi connectivity index (χ4v) is 2.64. The van der Waals surface area contributed by atoms with Crippen LogP contribution in [0.4, 0.5) is 11.4 Å². The zero-order chi connectivity index (χ0) is 17.7. The summed E-state index contributed by atoms with van der Waals surface area (Å²) in [7, 11) is 0. The second-order valence-corrected chi connectivity index (χ2v) is 5.81. The second kappa shape index (κ2) is 7.77. The maximum absolute atomic E-state index is 12.3.